The molecule has 1 aromatic carbocycles. The summed E-state index contributed by atoms with van der Waals surface area (Å²) in [6, 6.07) is 8.21. The highest BCUT2D eigenvalue weighted by atomic mass is 19.1. The Morgan fingerprint density at radius 1 is 1.33 bits per heavy atom. The number of benzene rings is 1. The van der Waals surface area contributed by atoms with Crippen LogP contribution >= 0.6 is 0 Å². The monoisotopic (exact) mass is 371 g/mol. The van der Waals surface area contributed by atoms with Crippen LogP contribution in [0.5, 0.6) is 5.88 Å². The van der Waals surface area contributed by atoms with Gasteiger partial charge in [-0.15, -0.1) is 16.5 Å². The predicted octanol–water partition coefficient (Wildman–Crippen LogP) is 3.66. The van der Waals surface area contributed by atoms with Gasteiger partial charge in [0.25, 0.3) is 5.09 Å². The highest BCUT2D eigenvalue weighted by Gasteiger charge is 2.15. The van der Waals surface area contributed by atoms with Gasteiger partial charge in [0, 0.05) is 17.3 Å². The summed E-state index contributed by atoms with van der Waals surface area (Å²) in [5.74, 6) is 2.95. The first-order valence-electron chi connectivity index (χ1n) is 7.93. The summed E-state index contributed by atoms with van der Waals surface area (Å²) in [6.07, 6.45) is 7.22. The van der Waals surface area contributed by atoms with E-state index in [9.17, 15) is 4.39 Å². The van der Waals surface area contributed by atoms with Crippen molar-refractivity contribution in [1.29, 1.82) is 0 Å². The van der Waals surface area contributed by atoms with E-state index in [2.05, 4.69) is 17.8 Å². The van der Waals surface area contributed by atoms with Crippen molar-refractivity contribution in [3.63, 3.8) is 0 Å². The molecule has 0 aliphatic carbocycles. The van der Waals surface area contributed by atoms with Gasteiger partial charge in [-0.2, -0.15) is 0 Å². The first-order chi connectivity index (χ1) is 12.8. The van der Waals surface area contributed by atoms with Crippen LogP contribution in [0.4, 0.5) is 4.39 Å². The maximum Gasteiger partial charge on any atom is 0.291 e. The Balaban J connectivity index is 0.000000596. The van der Waals surface area contributed by atoms with Crippen molar-refractivity contribution < 1.29 is 19.4 Å². The largest absolute Gasteiger partial charge is 0.471 e. The van der Waals surface area contributed by atoms with Gasteiger partial charge in [0.05, 0.1) is 6.54 Å². The number of nitrogens with zero attached hydrogens (tertiary/aromatic N) is 3. The number of fused-ring (bicyclic) bond motifs is 1. The Morgan fingerprint density at radius 3 is 2.56 bits per heavy atom. The van der Waals surface area contributed by atoms with Crippen molar-refractivity contribution >= 4 is 10.9 Å². The SMILES string of the molecule is C#CCn1c(C)c(C)c2ccnc(OCc3ccc(F)cc3)c21.O=[N+]([O-])O. The molecule has 0 saturated carbocycles. The molecule has 140 valence electrons. The summed E-state index contributed by atoms with van der Waals surface area (Å²) < 4.78 is 20.9. The van der Waals surface area contributed by atoms with E-state index >= 15 is 0 Å². The number of pyridine rings is 1. The maximum absolute atomic E-state index is 13.0. The van der Waals surface area contributed by atoms with Crippen LogP contribution in [0.25, 0.3) is 10.9 Å². The molecule has 27 heavy (non-hydrogen) atoms. The lowest BCUT2D eigenvalue weighted by Gasteiger charge is -2.10. The number of ether oxygens (including phenoxy) is 1. The number of aryl methyl sites for hydroxylation is 1. The third-order valence-electron chi connectivity index (χ3n) is 4.05. The molecule has 8 heteroatoms. The van der Waals surface area contributed by atoms with Gasteiger partial charge >= 0.3 is 0 Å². The van der Waals surface area contributed by atoms with Crippen LogP contribution in [0.1, 0.15) is 16.8 Å². The van der Waals surface area contributed by atoms with Gasteiger partial charge in [0.1, 0.15) is 17.9 Å². The minimum Gasteiger partial charge on any atom is -0.471 e. The average molecular weight is 371 g/mol. The third-order valence-corrected chi connectivity index (χ3v) is 4.05. The zero-order chi connectivity index (χ0) is 20.0. The van der Waals surface area contributed by atoms with Crippen LogP contribution in [-0.2, 0) is 13.2 Å². The van der Waals surface area contributed by atoms with E-state index < -0.39 is 5.09 Å². The van der Waals surface area contributed by atoms with Crippen molar-refractivity contribution in [2.24, 2.45) is 0 Å². The fraction of sp³-hybridized carbons (Fsp3) is 0.211. The second kappa shape index (κ2) is 8.67. The number of hydrogen-bond acceptors (Lipinski definition) is 4. The van der Waals surface area contributed by atoms with Crippen LogP contribution in [0, 0.1) is 42.1 Å². The van der Waals surface area contributed by atoms with Crippen LogP contribution in [0.2, 0.25) is 0 Å². The van der Waals surface area contributed by atoms with E-state index in [4.69, 9.17) is 26.5 Å². The number of aromatic nitrogens is 2. The Kier molecular flexibility index (Phi) is 6.33. The maximum atomic E-state index is 13.0. The first-order valence-corrected chi connectivity index (χ1v) is 7.93. The Morgan fingerprint density at radius 2 is 1.96 bits per heavy atom. The lowest BCUT2D eigenvalue weighted by molar-refractivity contribution is -0.742. The Labute approximate surface area is 155 Å². The first kappa shape index (κ1) is 19.7. The van der Waals surface area contributed by atoms with Crippen LogP contribution in [0.3, 0.4) is 0 Å². The van der Waals surface area contributed by atoms with Gasteiger partial charge in [-0.05, 0) is 43.2 Å². The molecule has 2 heterocycles. The molecule has 0 saturated heterocycles. The van der Waals surface area contributed by atoms with E-state index in [1.54, 1.807) is 18.3 Å². The summed E-state index contributed by atoms with van der Waals surface area (Å²) >= 11 is 0. The molecule has 0 unspecified atom stereocenters. The number of rotatable bonds is 4. The fourth-order valence-corrected chi connectivity index (χ4v) is 2.69. The number of terminal acetylenes is 1. The molecule has 1 N–H and O–H groups in total. The summed E-state index contributed by atoms with van der Waals surface area (Å²) in [7, 11) is 0. The zero-order valence-electron chi connectivity index (χ0n) is 14.8. The van der Waals surface area contributed by atoms with Gasteiger partial charge in [-0.1, -0.05) is 18.1 Å². The van der Waals surface area contributed by atoms with E-state index in [0.29, 0.717) is 19.0 Å². The van der Waals surface area contributed by atoms with Crippen molar-refractivity contribution in [1.82, 2.24) is 9.55 Å². The molecule has 0 fully saturated rings. The second-order valence-electron chi connectivity index (χ2n) is 5.67. The van der Waals surface area contributed by atoms with E-state index in [0.717, 1.165) is 22.2 Å². The molecule has 0 radical (unpaired) electrons. The van der Waals surface area contributed by atoms with Crippen molar-refractivity contribution in [2.75, 3.05) is 0 Å². The van der Waals surface area contributed by atoms with Gasteiger partial charge in [0.2, 0.25) is 5.88 Å². The molecule has 0 spiro atoms. The highest BCUT2D eigenvalue weighted by Crippen LogP contribution is 2.31. The quantitative estimate of drug-likeness (QED) is 0.429. The van der Waals surface area contributed by atoms with E-state index in [-0.39, 0.29) is 5.82 Å². The lowest BCUT2D eigenvalue weighted by atomic mass is 10.2. The predicted molar refractivity (Wildman–Crippen MR) is 97.6 cm³/mol. The molecule has 3 rings (SSSR count). The molecule has 2 aromatic heterocycles. The molecular formula is C19H18FN3O4. The minimum atomic E-state index is -1.50. The van der Waals surface area contributed by atoms with Crippen LogP contribution in [0.15, 0.2) is 36.5 Å². The van der Waals surface area contributed by atoms with Gasteiger partial charge < -0.3 is 14.5 Å². The number of hydrogen-bond donors (Lipinski definition) is 1. The fourth-order valence-electron chi connectivity index (χ4n) is 2.69. The van der Waals surface area contributed by atoms with Crippen molar-refractivity contribution in [3.8, 4) is 18.2 Å². The summed E-state index contributed by atoms with van der Waals surface area (Å²) in [6.45, 7) is 4.89. The second-order valence-corrected chi connectivity index (χ2v) is 5.67. The van der Waals surface area contributed by atoms with Crippen LogP contribution < -0.4 is 4.74 Å². The molecule has 3 aromatic rings. The Hall–Kier alpha value is -3.60. The normalized spacial score (nSPS) is 10.0. The van der Waals surface area contributed by atoms with Crippen molar-refractivity contribution in [2.45, 2.75) is 27.0 Å². The van der Waals surface area contributed by atoms with Gasteiger partial charge in [-0.25, -0.2) is 9.37 Å². The molecule has 0 atom stereocenters. The van der Waals surface area contributed by atoms with E-state index in [1.165, 1.54) is 17.7 Å². The third kappa shape index (κ3) is 4.73. The molecule has 0 amide bonds. The summed E-state index contributed by atoms with van der Waals surface area (Å²) in [5, 5.41) is 14.7. The lowest BCUT2D eigenvalue weighted by Crippen LogP contribution is -2.03. The smallest absolute Gasteiger partial charge is 0.291 e. The standard InChI is InChI=1S/C19H17FN2O.HNO3/c1-4-11-22-14(3)13(2)17-9-10-21-19(18(17)22)23-12-15-5-7-16(20)8-6-15;2-1(3)4/h1,5-10H,11-12H2,2-3H3;(H,2,3,4). The van der Waals surface area contributed by atoms with Gasteiger partial charge in [-0.3, -0.25) is 0 Å². The number of halogens is 1. The molecule has 0 bridgehead atoms. The van der Waals surface area contributed by atoms with E-state index in [1.807, 2.05) is 17.6 Å². The zero-order valence-corrected chi connectivity index (χ0v) is 14.8. The minimum absolute atomic E-state index is 0.261. The molecule has 0 aliphatic rings. The molecule has 7 nitrogen and oxygen atoms in total. The topological polar surface area (TPSA) is 90.4 Å². The summed E-state index contributed by atoms with van der Waals surface area (Å²) in [5.41, 5.74) is 4.07. The van der Waals surface area contributed by atoms with Crippen molar-refractivity contribution in [3.05, 3.63) is 69.3 Å². The average Bonchev–Trinajstić information content (AvgIpc) is 2.87. The molecule has 0 aliphatic heterocycles. The molecular weight excluding hydrogens is 353 g/mol. The van der Waals surface area contributed by atoms with Gasteiger partial charge in [0.15, 0.2) is 0 Å². The Bertz CT molecular complexity index is 987. The summed E-state index contributed by atoms with van der Waals surface area (Å²) in [4.78, 5) is 12.7. The highest BCUT2D eigenvalue weighted by molar-refractivity contribution is 5.88. The van der Waals surface area contributed by atoms with Crippen LogP contribution in [-0.4, -0.2) is 19.8 Å².